The first kappa shape index (κ1) is 14.1. The van der Waals surface area contributed by atoms with Crippen LogP contribution in [0.15, 0.2) is 18.2 Å². The molecule has 3 nitrogen and oxygen atoms in total. The standard InChI is InChI=1S/C16H23NO2/c1-12(2)11-19-17-16(18)10-13-7-8-14-5-3-4-6-15(14)9-13/h7-9,12H,3-6,10-11H2,1-2H3,(H,17,18). The number of carbonyl (C=O) groups excluding carboxylic acids is 1. The van der Waals surface area contributed by atoms with E-state index in [4.69, 9.17) is 4.84 Å². The third kappa shape index (κ3) is 4.35. The number of hydrogen-bond donors (Lipinski definition) is 1. The number of carbonyl (C=O) groups is 1. The average Bonchev–Trinajstić information content (AvgIpc) is 2.38. The minimum atomic E-state index is -0.0728. The van der Waals surface area contributed by atoms with Gasteiger partial charge in [0.05, 0.1) is 13.0 Å². The zero-order chi connectivity index (χ0) is 13.7. The van der Waals surface area contributed by atoms with E-state index in [0.717, 1.165) is 12.0 Å². The second-order valence-corrected chi connectivity index (χ2v) is 5.72. The summed E-state index contributed by atoms with van der Waals surface area (Å²) < 4.78 is 0. The van der Waals surface area contributed by atoms with Crippen LogP contribution in [-0.2, 0) is 28.9 Å². The maximum Gasteiger partial charge on any atom is 0.247 e. The van der Waals surface area contributed by atoms with Gasteiger partial charge < -0.3 is 0 Å². The SMILES string of the molecule is CC(C)CONC(=O)Cc1ccc2c(c1)CCCC2. The van der Waals surface area contributed by atoms with Gasteiger partial charge in [-0.3, -0.25) is 9.63 Å². The number of hydroxylamine groups is 1. The highest BCUT2D eigenvalue weighted by Crippen LogP contribution is 2.22. The predicted octanol–water partition coefficient (Wildman–Crippen LogP) is 2.81. The van der Waals surface area contributed by atoms with Crippen molar-refractivity contribution in [1.82, 2.24) is 5.48 Å². The summed E-state index contributed by atoms with van der Waals surface area (Å²) in [6.45, 7) is 4.65. The molecule has 1 aliphatic carbocycles. The lowest BCUT2D eigenvalue weighted by atomic mass is 9.90. The minimum Gasteiger partial charge on any atom is -0.273 e. The third-order valence-electron chi connectivity index (χ3n) is 3.38. The Balaban J connectivity index is 1.86. The molecular formula is C16H23NO2. The molecule has 0 bridgehead atoms. The molecule has 0 atom stereocenters. The summed E-state index contributed by atoms with van der Waals surface area (Å²) >= 11 is 0. The van der Waals surface area contributed by atoms with Gasteiger partial charge in [0, 0.05) is 0 Å². The van der Waals surface area contributed by atoms with E-state index in [1.807, 2.05) is 0 Å². The van der Waals surface area contributed by atoms with Gasteiger partial charge in [-0.05, 0) is 48.3 Å². The molecule has 1 aliphatic rings. The Hall–Kier alpha value is -1.35. The molecule has 0 fully saturated rings. The fourth-order valence-electron chi connectivity index (χ4n) is 2.41. The van der Waals surface area contributed by atoms with Crippen molar-refractivity contribution in [2.24, 2.45) is 5.92 Å². The lowest BCUT2D eigenvalue weighted by molar-refractivity contribution is -0.133. The van der Waals surface area contributed by atoms with E-state index < -0.39 is 0 Å². The first-order valence-electron chi connectivity index (χ1n) is 7.16. The van der Waals surface area contributed by atoms with E-state index in [-0.39, 0.29) is 5.91 Å². The molecule has 1 amide bonds. The number of nitrogens with one attached hydrogen (secondary N) is 1. The smallest absolute Gasteiger partial charge is 0.247 e. The van der Waals surface area contributed by atoms with Gasteiger partial charge >= 0.3 is 0 Å². The number of aryl methyl sites for hydroxylation is 2. The summed E-state index contributed by atoms with van der Waals surface area (Å²) in [4.78, 5) is 16.9. The van der Waals surface area contributed by atoms with Crippen LogP contribution < -0.4 is 5.48 Å². The summed E-state index contributed by atoms with van der Waals surface area (Å²) in [6.07, 6.45) is 5.27. The Kier molecular flexibility index (Phi) is 4.97. The number of hydrogen-bond acceptors (Lipinski definition) is 2. The first-order valence-corrected chi connectivity index (χ1v) is 7.16. The summed E-state index contributed by atoms with van der Waals surface area (Å²) in [7, 11) is 0. The Labute approximate surface area is 115 Å². The van der Waals surface area contributed by atoms with Crippen LogP contribution in [-0.4, -0.2) is 12.5 Å². The van der Waals surface area contributed by atoms with Gasteiger partial charge in [0.25, 0.3) is 0 Å². The van der Waals surface area contributed by atoms with E-state index in [9.17, 15) is 4.79 Å². The topological polar surface area (TPSA) is 38.3 Å². The Morgan fingerprint density at radius 1 is 1.26 bits per heavy atom. The van der Waals surface area contributed by atoms with Crippen molar-refractivity contribution in [2.45, 2.75) is 46.0 Å². The molecule has 0 radical (unpaired) electrons. The highest BCUT2D eigenvalue weighted by molar-refractivity contribution is 5.77. The van der Waals surface area contributed by atoms with Crippen LogP contribution in [0.25, 0.3) is 0 Å². The molecule has 1 aromatic carbocycles. The van der Waals surface area contributed by atoms with Crippen LogP contribution in [0.2, 0.25) is 0 Å². The van der Waals surface area contributed by atoms with E-state index in [2.05, 4.69) is 37.5 Å². The number of amides is 1. The molecular weight excluding hydrogens is 238 g/mol. The first-order chi connectivity index (χ1) is 9.15. The lowest BCUT2D eigenvalue weighted by Crippen LogP contribution is -2.27. The van der Waals surface area contributed by atoms with E-state index in [1.54, 1.807) is 0 Å². The fourth-order valence-corrected chi connectivity index (χ4v) is 2.41. The van der Waals surface area contributed by atoms with Gasteiger partial charge in [0.15, 0.2) is 0 Å². The Morgan fingerprint density at radius 2 is 2.00 bits per heavy atom. The molecule has 0 spiro atoms. The molecule has 104 valence electrons. The molecule has 1 N–H and O–H groups in total. The van der Waals surface area contributed by atoms with Crippen molar-refractivity contribution in [1.29, 1.82) is 0 Å². The van der Waals surface area contributed by atoms with Crippen LogP contribution in [0.4, 0.5) is 0 Å². The third-order valence-corrected chi connectivity index (χ3v) is 3.38. The number of fused-ring (bicyclic) bond motifs is 1. The van der Waals surface area contributed by atoms with Crippen molar-refractivity contribution in [3.05, 3.63) is 34.9 Å². The summed E-state index contributed by atoms with van der Waals surface area (Å²) in [5, 5.41) is 0. The maximum absolute atomic E-state index is 11.7. The highest BCUT2D eigenvalue weighted by atomic mass is 16.6. The predicted molar refractivity (Wildman–Crippen MR) is 75.7 cm³/mol. The Morgan fingerprint density at radius 3 is 2.74 bits per heavy atom. The normalized spacial score (nSPS) is 14.3. The van der Waals surface area contributed by atoms with Crippen LogP contribution >= 0.6 is 0 Å². The van der Waals surface area contributed by atoms with Gasteiger partial charge in [-0.25, -0.2) is 5.48 Å². The highest BCUT2D eigenvalue weighted by Gasteiger charge is 2.11. The monoisotopic (exact) mass is 261 g/mol. The van der Waals surface area contributed by atoms with Crippen molar-refractivity contribution in [3.8, 4) is 0 Å². The van der Waals surface area contributed by atoms with Crippen LogP contribution in [0, 0.1) is 5.92 Å². The van der Waals surface area contributed by atoms with Gasteiger partial charge in [0.1, 0.15) is 0 Å². The zero-order valence-electron chi connectivity index (χ0n) is 11.9. The van der Waals surface area contributed by atoms with Crippen LogP contribution in [0.5, 0.6) is 0 Å². The summed E-state index contributed by atoms with van der Waals surface area (Å²) in [6, 6.07) is 6.41. The largest absolute Gasteiger partial charge is 0.273 e. The quantitative estimate of drug-likeness (QED) is 0.828. The molecule has 0 unspecified atom stereocenters. The zero-order valence-corrected chi connectivity index (χ0v) is 11.9. The molecule has 0 heterocycles. The fraction of sp³-hybridized carbons (Fsp3) is 0.562. The van der Waals surface area contributed by atoms with Crippen molar-refractivity contribution in [2.75, 3.05) is 6.61 Å². The van der Waals surface area contributed by atoms with E-state index >= 15 is 0 Å². The van der Waals surface area contributed by atoms with Gasteiger partial charge in [-0.1, -0.05) is 32.0 Å². The summed E-state index contributed by atoms with van der Waals surface area (Å²) in [5.41, 5.74) is 6.45. The number of benzene rings is 1. The maximum atomic E-state index is 11.7. The van der Waals surface area contributed by atoms with Crippen molar-refractivity contribution in [3.63, 3.8) is 0 Å². The number of rotatable bonds is 5. The second kappa shape index (κ2) is 6.71. The molecule has 3 heteroatoms. The van der Waals surface area contributed by atoms with Crippen molar-refractivity contribution < 1.29 is 9.63 Å². The van der Waals surface area contributed by atoms with Gasteiger partial charge in [-0.15, -0.1) is 0 Å². The average molecular weight is 261 g/mol. The molecule has 19 heavy (non-hydrogen) atoms. The second-order valence-electron chi connectivity index (χ2n) is 5.72. The van der Waals surface area contributed by atoms with E-state index in [1.165, 1.54) is 30.4 Å². The molecule has 0 aliphatic heterocycles. The molecule has 0 aromatic heterocycles. The van der Waals surface area contributed by atoms with E-state index in [0.29, 0.717) is 18.9 Å². The summed E-state index contributed by atoms with van der Waals surface area (Å²) in [5.74, 6) is 0.348. The lowest BCUT2D eigenvalue weighted by Gasteiger charge is -2.16. The molecule has 0 saturated carbocycles. The van der Waals surface area contributed by atoms with Gasteiger partial charge in [-0.2, -0.15) is 0 Å². The van der Waals surface area contributed by atoms with Crippen LogP contribution in [0.3, 0.4) is 0 Å². The van der Waals surface area contributed by atoms with Crippen LogP contribution in [0.1, 0.15) is 43.4 Å². The molecule has 2 rings (SSSR count). The minimum absolute atomic E-state index is 0.0728. The molecule has 0 saturated heterocycles. The Bertz CT molecular complexity index is 440. The van der Waals surface area contributed by atoms with Crippen molar-refractivity contribution >= 4 is 5.91 Å². The molecule has 1 aromatic rings. The van der Waals surface area contributed by atoms with Gasteiger partial charge in [0.2, 0.25) is 5.91 Å².